The minimum Gasteiger partial charge on any atom is -0.334 e. The number of hydrogen-bond acceptors (Lipinski definition) is 3. The van der Waals surface area contributed by atoms with Gasteiger partial charge in [-0.05, 0) is 30.5 Å². The van der Waals surface area contributed by atoms with Crippen molar-refractivity contribution in [2.24, 2.45) is 5.92 Å². The van der Waals surface area contributed by atoms with Gasteiger partial charge in [0.25, 0.3) is 5.91 Å². The van der Waals surface area contributed by atoms with Crippen molar-refractivity contribution in [3.8, 4) is 0 Å². The van der Waals surface area contributed by atoms with Crippen LogP contribution in [-0.4, -0.2) is 27.3 Å². The quantitative estimate of drug-likeness (QED) is 0.887. The summed E-state index contributed by atoms with van der Waals surface area (Å²) in [6.45, 7) is 3.97. The third-order valence-corrected chi connectivity index (χ3v) is 3.08. The highest BCUT2D eigenvalue weighted by Crippen LogP contribution is 2.31. The van der Waals surface area contributed by atoms with Crippen molar-refractivity contribution in [1.29, 1.82) is 0 Å². The number of nitrogens with zero attached hydrogens (tertiary/aromatic N) is 2. The number of amides is 1. The first-order chi connectivity index (χ1) is 10.8. The predicted molar refractivity (Wildman–Crippen MR) is 77.6 cm³/mol. The molecule has 0 saturated heterocycles. The van der Waals surface area contributed by atoms with Gasteiger partial charge in [0, 0.05) is 11.9 Å². The van der Waals surface area contributed by atoms with E-state index < -0.39 is 18.1 Å². The van der Waals surface area contributed by atoms with E-state index in [2.05, 4.69) is 15.2 Å². The molecule has 0 aliphatic carbocycles. The molecule has 124 valence electrons. The second kappa shape index (κ2) is 6.80. The number of rotatable bonds is 5. The molecule has 0 aliphatic heterocycles. The summed E-state index contributed by atoms with van der Waals surface area (Å²) in [7, 11) is 0. The van der Waals surface area contributed by atoms with Crippen molar-refractivity contribution in [2.75, 3.05) is 0 Å². The summed E-state index contributed by atoms with van der Waals surface area (Å²) in [5.74, 6) is -0.563. The Balaban J connectivity index is 2.16. The molecular weight excluding hydrogens is 309 g/mol. The van der Waals surface area contributed by atoms with Crippen molar-refractivity contribution in [3.63, 3.8) is 0 Å². The minimum absolute atomic E-state index is 0.0779. The van der Waals surface area contributed by atoms with Gasteiger partial charge in [0.1, 0.15) is 5.69 Å². The second-order valence-electron chi connectivity index (χ2n) is 5.58. The van der Waals surface area contributed by atoms with Gasteiger partial charge in [-0.25, -0.2) is 0 Å². The Morgan fingerprint density at radius 2 is 2.09 bits per heavy atom. The molecular formula is C15H17F3N4O. The lowest BCUT2D eigenvalue weighted by Crippen LogP contribution is -2.38. The Morgan fingerprint density at radius 3 is 2.65 bits per heavy atom. The topological polar surface area (TPSA) is 70.7 Å². The second-order valence-corrected chi connectivity index (χ2v) is 5.58. The SMILES string of the molecule is CC(C)Cc1cc(C(=O)N[C@H](c2ccccn2)C(F)(F)F)n[nH]1. The van der Waals surface area contributed by atoms with Crippen molar-refractivity contribution in [2.45, 2.75) is 32.5 Å². The average molecular weight is 326 g/mol. The van der Waals surface area contributed by atoms with Crippen LogP contribution in [0.4, 0.5) is 13.2 Å². The standard InChI is InChI=1S/C15H17F3N4O/c1-9(2)7-10-8-12(22-21-10)14(23)20-13(15(16,17)18)11-5-3-4-6-19-11/h3-6,8-9,13H,7H2,1-2H3,(H,20,23)(H,21,22)/t13-/m1/s1. The lowest BCUT2D eigenvalue weighted by molar-refractivity contribution is -0.156. The highest BCUT2D eigenvalue weighted by atomic mass is 19.4. The largest absolute Gasteiger partial charge is 0.414 e. The highest BCUT2D eigenvalue weighted by Gasteiger charge is 2.43. The van der Waals surface area contributed by atoms with E-state index in [1.165, 1.54) is 30.5 Å². The lowest BCUT2D eigenvalue weighted by Gasteiger charge is -2.20. The van der Waals surface area contributed by atoms with Gasteiger partial charge in [0.05, 0.1) is 5.69 Å². The summed E-state index contributed by atoms with van der Waals surface area (Å²) < 4.78 is 39.5. The normalized spacial score (nSPS) is 13.1. The smallest absolute Gasteiger partial charge is 0.334 e. The zero-order valence-electron chi connectivity index (χ0n) is 12.7. The number of pyridine rings is 1. The number of carbonyl (C=O) groups excluding carboxylic acids is 1. The van der Waals surface area contributed by atoms with Crippen molar-refractivity contribution in [3.05, 3.63) is 47.5 Å². The maximum absolute atomic E-state index is 13.2. The average Bonchev–Trinajstić information content (AvgIpc) is 2.92. The minimum atomic E-state index is -4.65. The van der Waals surface area contributed by atoms with Gasteiger partial charge in [-0.15, -0.1) is 0 Å². The first-order valence-electron chi connectivity index (χ1n) is 7.10. The van der Waals surface area contributed by atoms with Crippen molar-refractivity contribution >= 4 is 5.91 Å². The molecule has 2 N–H and O–H groups in total. The number of H-pyrrole nitrogens is 1. The molecule has 2 heterocycles. The molecule has 23 heavy (non-hydrogen) atoms. The van der Waals surface area contributed by atoms with Crippen molar-refractivity contribution in [1.82, 2.24) is 20.5 Å². The molecule has 0 saturated carbocycles. The molecule has 0 radical (unpaired) electrons. The van der Waals surface area contributed by atoms with E-state index >= 15 is 0 Å². The first-order valence-corrected chi connectivity index (χ1v) is 7.10. The molecule has 1 atom stereocenters. The van der Waals surface area contributed by atoms with Crippen LogP contribution in [-0.2, 0) is 6.42 Å². The Bertz CT molecular complexity index is 652. The highest BCUT2D eigenvalue weighted by molar-refractivity contribution is 5.92. The molecule has 2 aromatic heterocycles. The van der Waals surface area contributed by atoms with Gasteiger partial charge in [0.2, 0.25) is 0 Å². The molecule has 1 amide bonds. The Kier molecular flexibility index (Phi) is 5.02. The number of aromatic amines is 1. The predicted octanol–water partition coefficient (Wildman–Crippen LogP) is 3.04. The van der Waals surface area contributed by atoms with Gasteiger partial charge < -0.3 is 5.32 Å². The summed E-state index contributed by atoms with van der Waals surface area (Å²) in [6.07, 6.45) is -2.75. The van der Waals surface area contributed by atoms with E-state index in [4.69, 9.17) is 0 Å². The van der Waals surface area contributed by atoms with Crippen LogP contribution in [0, 0.1) is 5.92 Å². The van der Waals surface area contributed by atoms with Crippen LogP contribution in [0.15, 0.2) is 30.5 Å². The number of hydrogen-bond donors (Lipinski definition) is 2. The van der Waals surface area contributed by atoms with Crippen LogP contribution in [0.25, 0.3) is 0 Å². The molecule has 0 unspecified atom stereocenters. The molecule has 2 aromatic rings. The molecule has 0 aromatic carbocycles. The van der Waals surface area contributed by atoms with E-state index in [1.807, 2.05) is 19.2 Å². The molecule has 0 fully saturated rings. The number of nitrogens with one attached hydrogen (secondary N) is 2. The number of halogens is 3. The van der Waals surface area contributed by atoms with Crippen LogP contribution >= 0.6 is 0 Å². The summed E-state index contributed by atoms with van der Waals surface area (Å²) in [5, 5.41) is 8.38. The van der Waals surface area contributed by atoms with Gasteiger partial charge in [-0.3, -0.25) is 14.9 Å². The van der Waals surface area contributed by atoms with Crippen LogP contribution in [0.5, 0.6) is 0 Å². The van der Waals surface area contributed by atoms with E-state index in [0.717, 1.165) is 0 Å². The van der Waals surface area contributed by atoms with E-state index in [0.29, 0.717) is 18.0 Å². The Labute approximate surface area is 131 Å². The van der Waals surface area contributed by atoms with Crippen molar-refractivity contribution < 1.29 is 18.0 Å². The van der Waals surface area contributed by atoms with Crippen LogP contribution in [0.3, 0.4) is 0 Å². The Morgan fingerprint density at radius 1 is 1.35 bits per heavy atom. The Hall–Kier alpha value is -2.38. The third kappa shape index (κ3) is 4.54. The lowest BCUT2D eigenvalue weighted by atomic mass is 10.1. The molecule has 0 spiro atoms. The van der Waals surface area contributed by atoms with E-state index in [-0.39, 0.29) is 11.4 Å². The number of carbonyl (C=O) groups is 1. The first kappa shape index (κ1) is 17.0. The molecule has 2 rings (SSSR count). The maximum atomic E-state index is 13.2. The van der Waals surface area contributed by atoms with Crippen LogP contribution in [0.1, 0.15) is 41.8 Å². The zero-order chi connectivity index (χ0) is 17.0. The van der Waals surface area contributed by atoms with Crippen LogP contribution in [0.2, 0.25) is 0 Å². The van der Waals surface area contributed by atoms with Gasteiger partial charge in [0.15, 0.2) is 6.04 Å². The molecule has 0 bridgehead atoms. The molecule has 8 heteroatoms. The van der Waals surface area contributed by atoms with Crippen LogP contribution < -0.4 is 5.32 Å². The maximum Gasteiger partial charge on any atom is 0.414 e. The van der Waals surface area contributed by atoms with Gasteiger partial charge in [-0.2, -0.15) is 18.3 Å². The van der Waals surface area contributed by atoms with Gasteiger partial charge in [-0.1, -0.05) is 19.9 Å². The number of alkyl halides is 3. The van der Waals surface area contributed by atoms with E-state index in [1.54, 1.807) is 0 Å². The molecule has 0 aliphatic rings. The third-order valence-electron chi connectivity index (χ3n) is 3.08. The monoisotopic (exact) mass is 326 g/mol. The molecule has 5 nitrogen and oxygen atoms in total. The van der Waals surface area contributed by atoms with E-state index in [9.17, 15) is 18.0 Å². The fraction of sp³-hybridized carbons (Fsp3) is 0.400. The summed E-state index contributed by atoms with van der Waals surface area (Å²) in [6, 6.07) is 3.43. The summed E-state index contributed by atoms with van der Waals surface area (Å²) >= 11 is 0. The zero-order valence-corrected chi connectivity index (χ0v) is 12.7. The fourth-order valence-corrected chi connectivity index (χ4v) is 2.10. The number of aromatic nitrogens is 3. The summed E-state index contributed by atoms with van der Waals surface area (Å²) in [4.78, 5) is 15.7. The van der Waals surface area contributed by atoms with Gasteiger partial charge >= 0.3 is 6.18 Å². The fourth-order valence-electron chi connectivity index (χ4n) is 2.10. The summed E-state index contributed by atoms with van der Waals surface area (Å²) in [5.41, 5.74) is 0.351.